The van der Waals surface area contributed by atoms with Gasteiger partial charge in [0.2, 0.25) is 5.91 Å². The summed E-state index contributed by atoms with van der Waals surface area (Å²) in [5, 5.41) is 4.94. The van der Waals surface area contributed by atoms with Crippen molar-refractivity contribution in [3.8, 4) is 0 Å². The number of hydrogen-bond acceptors (Lipinski definition) is 4. The molecule has 1 aromatic rings. The molecule has 1 unspecified atom stereocenters. The summed E-state index contributed by atoms with van der Waals surface area (Å²) in [5.41, 5.74) is 0. The molecule has 2 rings (SSSR count). The van der Waals surface area contributed by atoms with E-state index >= 15 is 0 Å². The third kappa shape index (κ3) is 3.23. The van der Waals surface area contributed by atoms with Crippen LogP contribution in [-0.4, -0.2) is 41.3 Å². The Morgan fingerprint density at radius 2 is 2.50 bits per heavy atom. The van der Waals surface area contributed by atoms with E-state index in [1.165, 1.54) is 18.3 Å². The van der Waals surface area contributed by atoms with E-state index in [1.807, 2.05) is 0 Å². The smallest absolute Gasteiger partial charge is 0.253 e. The molecule has 0 aromatic carbocycles. The van der Waals surface area contributed by atoms with Crippen LogP contribution in [0.3, 0.4) is 0 Å². The van der Waals surface area contributed by atoms with E-state index in [9.17, 15) is 13.6 Å². The minimum atomic E-state index is -2.61. The Labute approximate surface area is 108 Å². The minimum absolute atomic E-state index is 0.139. The van der Waals surface area contributed by atoms with Crippen molar-refractivity contribution in [2.75, 3.05) is 25.0 Å². The van der Waals surface area contributed by atoms with Crippen LogP contribution in [0.2, 0.25) is 0 Å². The lowest BCUT2D eigenvalue weighted by molar-refractivity contribution is -0.123. The first-order valence-electron chi connectivity index (χ1n) is 5.77. The average molecular weight is 275 g/mol. The predicted octanol–water partition coefficient (Wildman–Crippen LogP) is 2.06. The number of amides is 1. The highest BCUT2D eigenvalue weighted by Crippen LogP contribution is 2.32. The Kier molecular flexibility index (Phi) is 3.91. The van der Waals surface area contributed by atoms with Crippen LogP contribution in [0.5, 0.6) is 0 Å². The van der Waals surface area contributed by atoms with Crippen molar-refractivity contribution in [1.29, 1.82) is 0 Å². The van der Waals surface area contributed by atoms with Crippen molar-refractivity contribution < 1.29 is 13.6 Å². The highest BCUT2D eigenvalue weighted by Gasteiger charge is 2.41. The number of alkyl halides is 2. The maximum atomic E-state index is 13.3. The van der Waals surface area contributed by atoms with E-state index in [4.69, 9.17) is 0 Å². The zero-order valence-corrected chi connectivity index (χ0v) is 10.8. The lowest BCUT2D eigenvalue weighted by Gasteiger charge is -2.36. The Bertz CT molecular complexity index is 410. The van der Waals surface area contributed by atoms with Gasteiger partial charge in [0.05, 0.1) is 6.54 Å². The highest BCUT2D eigenvalue weighted by atomic mass is 32.1. The second kappa shape index (κ2) is 5.27. The fourth-order valence-electron chi connectivity index (χ4n) is 1.96. The Hall–Kier alpha value is -1.08. The number of nitrogens with zero attached hydrogens (tertiary/aromatic N) is 2. The molecule has 0 saturated carbocycles. The largest absolute Gasteiger partial charge is 0.301 e. The van der Waals surface area contributed by atoms with E-state index in [0.717, 1.165) is 0 Å². The summed E-state index contributed by atoms with van der Waals surface area (Å²) in [7, 11) is 0. The number of piperidine rings is 1. The monoisotopic (exact) mass is 275 g/mol. The van der Waals surface area contributed by atoms with Gasteiger partial charge in [0, 0.05) is 37.0 Å². The van der Waals surface area contributed by atoms with Crippen molar-refractivity contribution in [3.63, 3.8) is 0 Å². The van der Waals surface area contributed by atoms with Crippen LogP contribution < -0.4 is 5.32 Å². The molecule has 1 saturated heterocycles. The van der Waals surface area contributed by atoms with E-state index in [1.54, 1.807) is 16.5 Å². The van der Waals surface area contributed by atoms with Crippen LogP contribution in [-0.2, 0) is 4.79 Å². The highest BCUT2D eigenvalue weighted by molar-refractivity contribution is 7.13. The summed E-state index contributed by atoms with van der Waals surface area (Å²) in [6.07, 6.45) is 1.42. The van der Waals surface area contributed by atoms with Gasteiger partial charge in [0.15, 0.2) is 5.13 Å². The average Bonchev–Trinajstić information content (AvgIpc) is 2.76. The van der Waals surface area contributed by atoms with Crippen LogP contribution in [0.4, 0.5) is 13.9 Å². The minimum Gasteiger partial charge on any atom is -0.301 e. The normalized spacial score (nSPS) is 23.8. The summed E-state index contributed by atoms with van der Waals surface area (Å²) in [6.45, 7) is 2.16. The molecule has 1 aliphatic rings. The van der Waals surface area contributed by atoms with Gasteiger partial charge in [-0.25, -0.2) is 13.8 Å². The number of carbonyl (C=O) groups is 1. The molecular weight excluding hydrogens is 260 g/mol. The molecule has 1 aliphatic heterocycles. The molecule has 1 aromatic heterocycles. The van der Waals surface area contributed by atoms with Gasteiger partial charge in [-0.1, -0.05) is 6.92 Å². The Morgan fingerprint density at radius 3 is 3.11 bits per heavy atom. The summed E-state index contributed by atoms with van der Waals surface area (Å²) in [4.78, 5) is 17.4. The van der Waals surface area contributed by atoms with Crippen molar-refractivity contribution in [2.24, 2.45) is 5.92 Å². The molecular formula is C11H15F2N3OS. The number of nitrogens with one attached hydrogen (secondary N) is 1. The summed E-state index contributed by atoms with van der Waals surface area (Å²) in [6, 6.07) is 0. The van der Waals surface area contributed by atoms with Gasteiger partial charge in [-0.15, -0.1) is 11.3 Å². The summed E-state index contributed by atoms with van der Waals surface area (Å²) in [5.74, 6) is -3.52. The Morgan fingerprint density at radius 1 is 1.72 bits per heavy atom. The lowest BCUT2D eigenvalue weighted by atomic mass is 9.95. The van der Waals surface area contributed by atoms with E-state index in [2.05, 4.69) is 10.3 Å². The van der Waals surface area contributed by atoms with Crippen molar-refractivity contribution in [1.82, 2.24) is 9.88 Å². The van der Waals surface area contributed by atoms with Gasteiger partial charge in [0.25, 0.3) is 5.92 Å². The molecule has 0 aliphatic carbocycles. The van der Waals surface area contributed by atoms with Crippen LogP contribution in [0, 0.1) is 5.92 Å². The number of likely N-dealkylation sites (tertiary alicyclic amines) is 1. The number of aromatic nitrogens is 1. The molecule has 18 heavy (non-hydrogen) atoms. The number of hydrogen-bond donors (Lipinski definition) is 1. The van der Waals surface area contributed by atoms with Gasteiger partial charge in [-0.3, -0.25) is 9.69 Å². The summed E-state index contributed by atoms with van der Waals surface area (Å²) >= 11 is 1.33. The molecule has 0 bridgehead atoms. The lowest BCUT2D eigenvalue weighted by Crippen LogP contribution is -2.48. The summed E-state index contributed by atoms with van der Waals surface area (Å²) < 4.78 is 26.6. The van der Waals surface area contributed by atoms with Gasteiger partial charge >= 0.3 is 0 Å². The zero-order chi connectivity index (χ0) is 13.2. The van der Waals surface area contributed by atoms with Crippen LogP contribution in [0.1, 0.15) is 13.3 Å². The third-order valence-corrected chi connectivity index (χ3v) is 3.75. The van der Waals surface area contributed by atoms with Gasteiger partial charge < -0.3 is 5.32 Å². The fourth-order valence-corrected chi connectivity index (χ4v) is 2.50. The molecule has 2 heterocycles. The first-order chi connectivity index (χ1) is 8.47. The third-order valence-electron chi connectivity index (χ3n) is 3.06. The molecule has 7 heteroatoms. The van der Waals surface area contributed by atoms with Crippen molar-refractivity contribution in [2.45, 2.75) is 19.3 Å². The molecule has 0 spiro atoms. The number of carbonyl (C=O) groups excluding carboxylic acids is 1. The van der Waals surface area contributed by atoms with E-state index in [-0.39, 0.29) is 32.0 Å². The zero-order valence-electron chi connectivity index (χ0n) is 10.0. The first kappa shape index (κ1) is 13.4. The molecule has 1 fully saturated rings. The SMILES string of the molecule is CC1CN(CC(=O)Nc2nccs2)CCC1(F)F. The fraction of sp³-hybridized carbons (Fsp3) is 0.636. The number of halogens is 2. The van der Waals surface area contributed by atoms with Gasteiger partial charge in [-0.2, -0.15) is 0 Å². The molecule has 0 radical (unpaired) electrons. The molecule has 100 valence electrons. The molecule has 4 nitrogen and oxygen atoms in total. The Balaban J connectivity index is 1.82. The number of rotatable bonds is 3. The predicted molar refractivity (Wildman–Crippen MR) is 65.9 cm³/mol. The van der Waals surface area contributed by atoms with Crippen LogP contribution in [0.15, 0.2) is 11.6 Å². The molecule has 1 atom stereocenters. The first-order valence-corrected chi connectivity index (χ1v) is 6.65. The second-order valence-corrected chi connectivity index (χ2v) is 5.43. The number of thiazole rings is 1. The van der Waals surface area contributed by atoms with Crippen LogP contribution in [0.25, 0.3) is 0 Å². The standard InChI is InChI=1S/C11H15F2N3OS/c1-8-6-16(4-2-11(8,12)13)7-9(17)15-10-14-3-5-18-10/h3,5,8H,2,4,6-7H2,1H3,(H,14,15,17). The van der Waals surface area contributed by atoms with E-state index < -0.39 is 11.8 Å². The van der Waals surface area contributed by atoms with Crippen molar-refractivity contribution >= 4 is 22.4 Å². The molecule has 1 N–H and O–H groups in total. The van der Waals surface area contributed by atoms with Crippen molar-refractivity contribution in [3.05, 3.63) is 11.6 Å². The van der Waals surface area contributed by atoms with Gasteiger partial charge in [-0.05, 0) is 0 Å². The van der Waals surface area contributed by atoms with Gasteiger partial charge in [0.1, 0.15) is 0 Å². The number of anilines is 1. The quantitative estimate of drug-likeness (QED) is 0.918. The second-order valence-electron chi connectivity index (χ2n) is 4.53. The molecule has 1 amide bonds. The topological polar surface area (TPSA) is 45.2 Å². The maximum absolute atomic E-state index is 13.3. The maximum Gasteiger partial charge on any atom is 0.253 e. The van der Waals surface area contributed by atoms with Crippen LogP contribution >= 0.6 is 11.3 Å². The van der Waals surface area contributed by atoms with E-state index in [0.29, 0.717) is 5.13 Å².